The molecule has 0 saturated carbocycles. The molecule has 0 amide bonds. The van der Waals surface area contributed by atoms with Crippen molar-refractivity contribution in [2.75, 3.05) is 19.8 Å². The fourth-order valence-corrected chi connectivity index (χ4v) is 1.61. The molecular formula is C13H25N3O. The van der Waals surface area contributed by atoms with Crippen LogP contribution in [0.1, 0.15) is 37.2 Å². The van der Waals surface area contributed by atoms with Gasteiger partial charge in [0.15, 0.2) is 0 Å². The number of hydrogen-bond acceptors (Lipinski definition) is 3. The molecule has 2 N–H and O–H groups in total. The molecule has 0 unspecified atom stereocenters. The largest absolute Gasteiger partial charge is 0.380 e. The minimum Gasteiger partial charge on any atom is -0.380 e. The van der Waals surface area contributed by atoms with E-state index >= 15 is 0 Å². The molecule has 0 radical (unpaired) electrons. The number of aromatic amines is 1. The second-order valence-electron chi connectivity index (χ2n) is 4.88. The quantitative estimate of drug-likeness (QED) is 0.684. The molecule has 0 aliphatic heterocycles. The summed E-state index contributed by atoms with van der Waals surface area (Å²) in [5, 5.41) is 10.5. The number of nitrogens with zero attached hydrogens (tertiary/aromatic N) is 1. The molecule has 0 fully saturated rings. The molecule has 0 aliphatic rings. The van der Waals surface area contributed by atoms with E-state index in [1.165, 1.54) is 5.56 Å². The van der Waals surface area contributed by atoms with Gasteiger partial charge >= 0.3 is 0 Å². The first kappa shape index (κ1) is 14.2. The van der Waals surface area contributed by atoms with E-state index in [9.17, 15) is 0 Å². The van der Waals surface area contributed by atoms with E-state index in [2.05, 4.69) is 36.3 Å². The van der Waals surface area contributed by atoms with Crippen LogP contribution in [0.2, 0.25) is 0 Å². The highest BCUT2D eigenvalue weighted by molar-refractivity contribution is 5.22. The first-order valence-electron chi connectivity index (χ1n) is 6.40. The zero-order valence-electron chi connectivity index (χ0n) is 11.5. The maximum absolute atomic E-state index is 5.54. The van der Waals surface area contributed by atoms with Gasteiger partial charge in [-0.15, -0.1) is 0 Å². The van der Waals surface area contributed by atoms with Crippen molar-refractivity contribution in [1.82, 2.24) is 15.5 Å². The van der Waals surface area contributed by atoms with Crippen molar-refractivity contribution < 1.29 is 4.74 Å². The van der Waals surface area contributed by atoms with Crippen LogP contribution in [0.3, 0.4) is 0 Å². The number of nitrogens with one attached hydrogen (secondary N) is 2. The van der Waals surface area contributed by atoms with E-state index in [0.717, 1.165) is 50.0 Å². The van der Waals surface area contributed by atoms with Crippen LogP contribution in [0.25, 0.3) is 0 Å². The lowest BCUT2D eigenvalue weighted by Gasteiger charge is -2.07. The van der Waals surface area contributed by atoms with Crippen LogP contribution in [0.15, 0.2) is 0 Å². The molecular weight excluding hydrogens is 214 g/mol. The zero-order valence-corrected chi connectivity index (χ0v) is 11.5. The molecule has 4 nitrogen and oxygen atoms in total. The Morgan fingerprint density at radius 1 is 1.29 bits per heavy atom. The molecule has 1 rings (SSSR count). The summed E-state index contributed by atoms with van der Waals surface area (Å²) < 4.78 is 5.54. The third-order valence-electron chi connectivity index (χ3n) is 2.85. The van der Waals surface area contributed by atoms with Gasteiger partial charge in [0, 0.05) is 31.0 Å². The molecule has 4 heteroatoms. The van der Waals surface area contributed by atoms with Gasteiger partial charge in [0.1, 0.15) is 0 Å². The fraction of sp³-hybridized carbons (Fsp3) is 0.769. The zero-order chi connectivity index (χ0) is 12.7. The molecule has 0 aromatic carbocycles. The lowest BCUT2D eigenvalue weighted by Crippen LogP contribution is -2.20. The van der Waals surface area contributed by atoms with Crippen molar-refractivity contribution in [3.05, 3.63) is 17.0 Å². The van der Waals surface area contributed by atoms with Crippen molar-refractivity contribution in [3.8, 4) is 0 Å². The smallest absolute Gasteiger partial charge is 0.0638 e. The predicted octanol–water partition coefficient (Wildman–Crippen LogP) is 2.18. The number of aromatic nitrogens is 2. The molecule has 0 atom stereocenters. The van der Waals surface area contributed by atoms with Crippen molar-refractivity contribution in [2.45, 2.75) is 40.7 Å². The highest BCUT2D eigenvalue weighted by atomic mass is 16.5. The number of ether oxygens (including phenoxy) is 1. The third kappa shape index (κ3) is 5.33. The fourth-order valence-electron chi connectivity index (χ4n) is 1.61. The van der Waals surface area contributed by atoms with Crippen LogP contribution in [0.5, 0.6) is 0 Å². The summed E-state index contributed by atoms with van der Waals surface area (Å²) in [7, 11) is 0. The molecule has 98 valence electrons. The summed E-state index contributed by atoms with van der Waals surface area (Å²) in [6.07, 6.45) is 1.14. The molecule has 1 aromatic rings. The van der Waals surface area contributed by atoms with E-state index in [0.29, 0.717) is 0 Å². The minimum atomic E-state index is 0.721. The van der Waals surface area contributed by atoms with Gasteiger partial charge in [0.05, 0.1) is 12.3 Å². The summed E-state index contributed by atoms with van der Waals surface area (Å²) in [5.74, 6) is 0.721. The van der Waals surface area contributed by atoms with Crippen molar-refractivity contribution in [3.63, 3.8) is 0 Å². The summed E-state index contributed by atoms with van der Waals surface area (Å²) in [4.78, 5) is 0. The SMILES string of the molecule is Cc1n[nH]c(C)c1CNCCOCCC(C)C. The first-order valence-corrected chi connectivity index (χ1v) is 6.40. The van der Waals surface area contributed by atoms with Crippen LogP contribution in [0.4, 0.5) is 0 Å². The normalized spacial score (nSPS) is 11.4. The van der Waals surface area contributed by atoms with E-state index < -0.39 is 0 Å². The lowest BCUT2D eigenvalue weighted by atomic mass is 10.1. The topological polar surface area (TPSA) is 49.9 Å². The number of hydrogen-bond donors (Lipinski definition) is 2. The Labute approximate surface area is 104 Å². The van der Waals surface area contributed by atoms with E-state index in [1.54, 1.807) is 0 Å². The first-order chi connectivity index (χ1) is 8.11. The van der Waals surface area contributed by atoms with Crippen LogP contribution in [0, 0.1) is 19.8 Å². The monoisotopic (exact) mass is 239 g/mol. The van der Waals surface area contributed by atoms with Gasteiger partial charge in [-0.2, -0.15) is 5.10 Å². The maximum Gasteiger partial charge on any atom is 0.0638 e. The van der Waals surface area contributed by atoms with E-state index in [1.807, 2.05) is 6.92 Å². The summed E-state index contributed by atoms with van der Waals surface area (Å²) in [6, 6.07) is 0. The molecule has 0 bridgehead atoms. The Bertz CT molecular complexity index is 301. The van der Waals surface area contributed by atoms with Gasteiger partial charge in [-0.1, -0.05) is 13.8 Å². The number of aryl methyl sites for hydroxylation is 2. The molecule has 1 aromatic heterocycles. The summed E-state index contributed by atoms with van der Waals surface area (Å²) >= 11 is 0. The van der Waals surface area contributed by atoms with E-state index in [4.69, 9.17) is 4.74 Å². The Morgan fingerprint density at radius 2 is 2.06 bits per heavy atom. The Kier molecular flexibility index (Phi) is 6.22. The number of rotatable bonds is 8. The second kappa shape index (κ2) is 7.45. The summed E-state index contributed by atoms with van der Waals surface area (Å²) in [5.41, 5.74) is 3.50. The van der Waals surface area contributed by atoms with Gasteiger partial charge in [-0.05, 0) is 26.2 Å². The summed E-state index contributed by atoms with van der Waals surface area (Å²) in [6.45, 7) is 11.9. The Morgan fingerprint density at radius 3 is 2.65 bits per heavy atom. The maximum atomic E-state index is 5.54. The molecule has 0 aliphatic carbocycles. The minimum absolute atomic E-state index is 0.721. The van der Waals surface area contributed by atoms with Crippen molar-refractivity contribution >= 4 is 0 Å². The highest BCUT2D eigenvalue weighted by Gasteiger charge is 2.04. The standard InChI is InChI=1S/C13H25N3O/c1-10(2)5-7-17-8-6-14-9-13-11(3)15-16-12(13)4/h10,14H,5-9H2,1-4H3,(H,15,16). The van der Waals surface area contributed by atoms with Crippen molar-refractivity contribution in [2.24, 2.45) is 5.92 Å². The van der Waals surface area contributed by atoms with Crippen LogP contribution in [-0.4, -0.2) is 30.0 Å². The molecule has 17 heavy (non-hydrogen) atoms. The van der Waals surface area contributed by atoms with Gasteiger partial charge in [-0.3, -0.25) is 5.10 Å². The van der Waals surface area contributed by atoms with Crippen LogP contribution in [-0.2, 0) is 11.3 Å². The average molecular weight is 239 g/mol. The molecule has 1 heterocycles. The predicted molar refractivity (Wildman–Crippen MR) is 70.0 cm³/mol. The third-order valence-corrected chi connectivity index (χ3v) is 2.85. The van der Waals surface area contributed by atoms with Gasteiger partial charge in [0.2, 0.25) is 0 Å². The van der Waals surface area contributed by atoms with Crippen molar-refractivity contribution in [1.29, 1.82) is 0 Å². The Balaban J connectivity index is 2.05. The Hall–Kier alpha value is -0.870. The molecule has 0 saturated heterocycles. The van der Waals surface area contributed by atoms with Crippen LogP contribution < -0.4 is 5.32 Å². The van der Waals surface area contributed by atoms with Gasteiger partial charge < -0.3 is 10.1 Å². The van der Waals surface area contributed by atoms with Gasteiger partial charge in [-0.25, -0.2) is 0 Å². The van der Waals surface area contributed by atoms with Crippen LogP contribution >= 0.6 is 0 Å². The van der Waals surface area contributed by atoms with Gasteiger partial charge in [0.25, 0.3) is 0 Å². The highest BCUT2D eigenvalue weighted by Crippen LogP contribution is 2.07. The molecule has 0 spiro atoms. The average Bonchev–Trinajstić information content (AvgIpc) is 2.58. The van der Waals surface area contributed by atoms with E-state index in [-0.39, 0.29) is 0 Å². The lowest BCUT2D eigenvalue weighted by molar-refractivity contribution is 0.125. The second-order valence-corrected chi connectivity index (χ2v) is 4.88. The number of H-pyrrole nitrogens is 1.